The molecule has 152 valence electrons. The van der Waals surface area contributed by atoms with E-state index in [1.807, 2.05) is 25.1 Å². The molecule has 0 atom stereocenters. The summed E-state index contributed by atoms with van der Waals surface area (Å²) in [6.07, 6.45) is 3.54. The van der Waals surface area contributed by atoms with Gasteiger partial charge in [0.15, 0.2) is 0 Å². The van der Waals surface area contributed by atoms with Gasteiger partial charge in [-0.3, -0.25) is 14.9 Å². The van der Waals surface area contributed by atoms with Gasteiger partial charge in [0.25, 0.3) is 5.89 Å². The topological polar surface area (TPSA) is 71.2 Å². The molecule has 7 nitrogen and oxygen atoms in total. The molecule has 1 aliphatic rings. The summed E-state index contributed by atoms with van der Waals surface area (Å²) >= 11 is 0. The summed E-state index contributed by atoms with van der Waals surface area (Å²) in [7, 11) is 2.18. The van der Waals surface area contributed by atoms with Crippen LogP contribution in [-0.2, 0) is 6.54 Å². The lowest BCUT2D eigenvalue weighted by Crippen LogP contribution is -2.43. The molecule has 0 amide bonds. The molecule has 1 fully saturated rings. The van der Waals surface area contributed by atoms with Gasteiger partial charge in [-0.2, -0.15) is 4.98 Å². The predicted molar refractivity (Wildman–Crippen MR) is 116 cm³/mol. The first-order chi connectivity index (χ1) is 14.7. The van der Waals surface area contributed by atoms with Crippen LogP contribution in [0.3, 0.4) is 0 Å². The molecule has 0 aliphatic carbocycles. The Morgan fingerprint density at radius 2 is 1.90 bits per heavy atom. The molecule has 30 heavy (non-hydrogen) atoms. The Labute approximate surface area is 175 Å². The van der Waals surface area contributed by atoms with Crippen molar-refractivity contribution in [3.8, 4) is 22.8 Å². The molecule has 1 saturated heterocycles. The molecule has 0 bridgehead atoms. The smallest absolute Gasteiger partial charge is 0.260 e. The van der Waals surface area contributed by atoms with Crippen molar-refractivity contribution in [2.75, 3.05) is 33.2 Å². The highest BCUT2D eigenvalue weighted by Gasteiger charge is 2.17. The van der Waals surface area contributed by atoms with E-state index in [4.69, 9.17) is 4.52 Å². The Balaban J connectivity index is 1.40. The number of pyridine rings is 2. The largest absolute Gasteiger partial charge is 0.334 e. The number of piperazine rings is 1. The Morgan fingerprint density at radius 1 is 1.03 bits per heavy atom. The maximum atomic E-state index is 5.60. The van der Waals surface area contributed by atoms with E-state index in [1.54, 1.807) is 12.4 Å². The maximum absolute atomic E-state index is 5.60. The van der Waals surface area contributed by atoms with E-state index in [1.165, 1.54) is 5.56 Å². The number of nitrogens with zero attached hydrogens (tertiary/aromatic N) is 6. The van der Waals surface area contributed by atoms with Crippen LogP contribution in [0.25, 0.3) is 33.7 Å². The van der Waals surface area contributed by atoms with Crippen molar-refractivity contribution in [2.24, 2.45) is 0 Å². The van der Waals surface area contributed by atoms with Gasteiger partial charge in [0.05, 0.1) is 16.8 Å². The molecular formula is C23H24N6O. The standard InChI is InChI=1S/C23H24N6O/c1-16-20(13-19-14-24-7-6-21(19)25-16)23-26-22(27-30-23)18-5-3-4-17(12-18)15-29-10-8-28(2)9-11-29/h3-7,12-14H,8-11,15H2,1-2H3. The molecule has 0 unspecified atom stereocenters. The molecule has 0 spiro atoms. The monoisotopic (exact) mass is 400 g/mol. The van der Waals surface area contributed by atoms with Gasteiger partial charge in [0.2, 0.25) is 5.82 Å². The Kier molecular flexibility index (Phi) is 4.98. The lowest BCUT2D eigenvalue weighted by atomic mass is 10.1. The van der Waals surface area contributed by atoms with E-state index in [0.717, 1.165) is 60.4 Å². The molecule has 4 heterocycles. The summed E-state index contributed by atoms with van der Waals surface area (Å²) in [5.74, 6) is 1.07. The average molecular weight is 400 g/mol. The lowest BCUT2D eigenvalue weighted by Gasteiger charge is -2.32. The zero-order valence-electron chi connectivity index (χ0n) is 17.2. The summed E-state index contributed by atoms with van der Waals surface area (Å²) < 4.78 is 5.60. The quantitative estimate of drug-likeness (QED) is 0.520. The minimum atomic E-state index is 0.477. The van der Waals surface area contributed by atoms with E-state index in [0.29, 0.717) is 11.7 Å². The lowest BCUT2D eigenvalue weighted by molar-refractivity contribution is 0.148. The molecule has 3 aromatic heterocycles. The van der Waals surface area contributed by atoms with Crippen molar-refractivity contribution in [1.29, 1.82) is 0 Å². The van der Waals surface area contributed by atoms with Crippen molar-refractivity contribution in [3.63, 3.8) is 0 Å². The molecule has 1 aliphatic heterocycles. The van der Waals surface area contributed by atoms with Gasteiger partial charge in [-0.15, -0.1) is 0 Å². The van der Waals surface area contributed by atoms with Crippen LogP contribution in [0.2, 0.25) is 0 Å². The highest BCUT2D eigenvalue weighted by atomic mass is 16.5. The van der Waals surface area contributed by atoms with Crippen LogP contribution in [-0.4, -0.2) is 63.1 Å². The van der Waals surface area contributed by atoms with Crippen molar-refractivity contribution in [1.82, 2.24) is 29.9 Å². The Hall–Kier alpha value is -3.16. The number of rotatable bonds is 4. The summed E-state index contributed by atoms with van der Waals surface area (Å²) in [4.78, 5) is 18.3. The van der Waals surface area contributed by atoms with E-state index in [9.17, 15) is 0 Å². The second-order valence-electron chi connectivity index (χ2n) is 7.89. The Morgan fingerprint density at radius 3 is 2.77 bits per heavy atom. The minimum absolute atomic E-state index is 0.477. The van der Waals surface area contributed by atoms with Crippen molar-refractivity contribution in [3.05, 3.63) is 60.0 Å². The van der Waals surface area contributed by atoms with Crippen LogP contribution in [0.4, 0.5) is 0 Å². The Bertz CT molecular complexity index is 1180. The highest BCUT2D eigenvalue weighted by molar-refractivity contribution is 5.82. The van der Waals surface area contributed by atoms with Gasteiger partial charge in [-0.05, 0) is 37.7 Å². The van der Waals surface area contributed by atoms with Gasteiger partial charge in [-0.1, -0.05) is 23.4 Å². The van der Waals surface area contributed by atoms with Gasteiger partial charge in [0.1, 0.15) is 0 Å². The average Bonchev–Trinajstić information content (AvgIpc) is 3.25. The highest BCUT2D eigenvalue weighted by Crippen LogP contribution is 2.27. The van der Waals surface area contributed by atoms with Gasteiger partial charge < -0.3 is 9.42 Å². The van der Waals surface area contributed by atoms with Crippen LogP contribution in [0.1, 0.15) is 11.3 Å². The predicted octanol–water partition coefficient (Wildman–Crippen LogP) is 3.40. The van der Waals surface area contributed by atoms with E-state index < -0.39 is 0 Å². The minimum Gasteiger partial charge on any atom is -0.334 e. The molecule has 0 N–H and O–H groups in total. The normalized spacial score (nSPS) is 15.7. The van der Waals surface area contributed by atoms with E-state index >= 15 is 0 Å². The molecular weight excluding hydrogens is 376 g/mol. The van der Waals surface area contributed by atoms with E-state index in [-0.39, 0.29) is 0 Å². The number of aromatic nitrogens is 4. The van der Waals surface area contributed by atoms with Crippen LogP contribution in [0.5, 0.6) is 0 Å². The molecule has 0 radical (unpaired) electrons. The number of hydrogen-bond acceptors (Lipinski definition) is 7. The van der Waals surface area contributed by atoms with Crippen LogP contribution < -0.4 is 0 Å². The van der Waals surface area contributed by atoms with Crippen molar-refractivity contribution in [2.45, 2.75) is 13.5 Å². The third-order valence-corrected chi connectivity index (χ3v) is 5.65. The van der Waals surface area contributed by atoms with Crippen LogP contribution >= 0.6 is 0 Å². The van der Waals surface area contributed by atoms with Gasteiger partial charge in [0, 0.05) is 56.1 Å². The van der Waals surface area contributed by atoms with Gasteiger partial charge >= 0.3 is 0 Å². The second kappa shape index (κ2) is 7.93. The third kappa shape index (κ3) is 3.81. The zero-order chi connectivity index (χ0) is 20.5. The second-order valence-corrected chi connectivity index (χ2v) is 7.89. The fourth-order valence-corrected chi connectivity index (χ4v) is 3.85. The maximum Gasteiger partial charge on any atom is 0.260 e. The first-order valence-electron chi connectivity index (χ1n) is 10.2. The molecule has 1 aromatic carbocycles. The molecule has 7 heteroatoms. The first-order valence-corrected chi connectivity index (χ1v) is 10.2. The molecule has 5 rings (SSSR count). The SMILES string of the molecule is Cc1nc2ccncc2cc1-c1nc(-c2cccc(CN3CCN(C)CC3)c2)no1. The fraction of sp³-hybridized carbons (Fsp3) is 0.304. The van der Waals surface area contributed by atoms with Crippen molar-refractivity contribution >= 4 is 10.9 Å². The molecule has 4 aromatic rings. The zero-order valence-corrected chi connectivity index (χ0v) is 17.2. The summed E-state index contributed by atoms with van der Waals surface area (Å²) in [6.45, 7) is 7.31. The van der Waals surface area contributed by atoms with Crippen LogP contribution in [0.15, 0.2) is 53.3 Å². The van der Waals surface area contributed by atoms with Crippen LogP contribution in [0, 0.1) is 6.92 Å². The number of aryl methyl sites for hydroxylation is 1. The summed E-state index contributed by atoms with van der Waals surface area (Å²) in [6, 6.07) is 12.3. The number of fused-ring (bicyclic) bond motifs is 1. The first kappa shape index (κ1) is 18.8. The van der Waals surface area contributed by atoms with Gasteiger partial charge in [-0.25, -0.2) is 0 Å². The van der Waals surface area contributed by atoms with Crippen molar-refractivity contribution < 1.29 is 4.52 Å². The number of likely N-dealkylation sites (N-methyl/N-ethyl adjacent to an activating group) is 1. The number of benzene rings is 1. The number of hydrogen-bond donors (Lipinski definition) is 0. The third-order valence-electron chi connectivity index (χ3n) is 5.65. The fourth-order valence-electron chi connectivity index (χ4n) is 3.85. The van der Waals surface area contributed by atoms with E-state index in [2.05, 4.69) is 55.2 Å². The summed E-state index contributed by atoms with van der Waals surface area (Å²) in [5, 5.41) is 5.18. The molecule has 0 saturated carbocycles. The summed E-state index contributed by atoms with van der Waals surface area (Å²) in [5.41, 5.74) is 4.82.